The van der Waals surface area contributed by atoms with Gasteiger partial charge in [0, 0.05) is 16.5 Å². The minimum Gasteiger partial charge on any atom is -0.489 e. The molecule has 0 spiro atoms. The summed E-state index contributed by atoms with van der Waals surface area (Å²) in [4.78, 5) is 11.7. The van der Waals surface area contributed by atoms with E-state index >= 15 is 0 Å². The molecule has 0 aliphatic heterocycles. The van der Waals surface area contributed by atoms with Crippen LogP contribution < -0.4 is 4.74 Å². The summed E-state index contributed by atoms with van der Waals surface area (Å²) in [7, 11) is 0. The Balaban J connectivity index is 2.22. The summed E-state index contributed by atoms with van der Waals surface area (Å²) in [5, 5.41) is 0. The van der Waals surface area contributed by atoms with Crippen LogP contribution in [0.2, 0.25) is 0 Å². The third-order valence-electron chi connectivity index (χ3n) is 5.02. The molecule has 0 fully saturated rings. The fourth-order valence-corrected chi connectivity index (χ4v) is 3.76. The van der Waals surface area contributed by atoms with Crippen LogP contribution in [0.3, 0.4) is 0 Å². The van der Waals surface area contributed by atoms with Crippen LogP contribution in [0.15, 0.2) is 45.7 Å². The molecule has 136 valence electrons. The molecule has 4 heteroatoms. The van der Waals surface area contributed by atoms with Crippen molar-refractivity contribution in [2.75, 3.05) is 0 Å². The largest absolute Gasteiger partial charge is 0.489 e. The van der Waals surface area contributed by atoms with E-state index < -0.39 is 0 Å². The molecule has 0 bridgehead atoms. The summed E-state index contributed by atoms with van der Waals surface area (Å²) in [6.07, 6.45) is 3.63. The number of halogens is 1. The highest BCUT2D eigenvalue weighted by molar-refractivity contribution is 9.10. The van der Waals surface area contributed by atoms with Crippen molar-refractivity contribution in [1.82, 2.24) is 0 Å². The van der Waals surface area contributed by atoms with Gasteiger partial charge in [-0.3, -0.25) is 4.79 Å². The fourth-order valence-electron chi connectivity index (χ4n) is 3.30. The van der Waals surface area contributed by atoms with E-state index in [1.165, 1.54) is 11.1 Å². The molecule has 0 saturated carbocycles. The molecule has 0 N–H and O–H groups in total. The van der Waals surface area contributed by atoms with Crippen molar-refractivity contribution in [3.63, 3.8) is 0 Å². The number of allylic oxidation sites excluding steroid dienone is 3. The summed E-state index contributed by atoms with van der Waals surface area (Å²) in [6, 6.07) is 5.59. The molecule has 0 aromatic heterocycles. The number of benzene rings is 1. The Bertz CT molecular complexity index is 703. The average Bonchev–Trinajstić information content (AvgIpc) is 2.58. The molecule has 2 unspecified atom stereocenters. The Morgan fingerprint density at radius 2 is 1.96 bits per heavy atom. The monoisotopic (exact) mass is 406 g/mol. The minimum absolute atomic E-state index is 0.248. The number of carbonyl (C=O) groups is 1. The van der Waals surface area contributed by atoms with Crippen LogP contribution in [-0.2, 0) is 16.1 Å². The number of ether oxygens (including phenoxy) is 2. The Morgan fingerprint density at radius 1 is 1.24 bits per heavy atom. The van der Waals surface area contributed by atoms with E-state index in [2.05, 4.69) is 49.7 Å². The van der Waals surface area contributed by atoms with Gasteiger partial charge in [0.2, 0.25) is 0 Å². The van der Waals surface area contributed by atoms with Crippen LogP contribution in [0.1, 0.15) is 53.0 Å². The SMILES string of the molecule is CCC(=O)Oc1cccc(Br)c1COC1=C(C)C(C)C(CC)C(C)=C1. The smallest absolute Gasteiger partial charge is 0.310 e. The molecule has 1 aliphatic rings. The van der Waals surface area contributed by atoms with Gasteiger partial charge in [-0.15, -0.1) is 0 Å². The number of hydrogen-bond acceptors (Lipinski definition) is 3. The highest BCUT2D eigenvalue weighted by Crippen LogP contribution is 2.37. The minimum atomic E-state index is -0.248. The highest BCUT2D eigenvalue weighted by Gasteiger charge is 2.26. The summed E-state index contributed by atoms with van der Waals surface area (Å²) in [5.41, 5.74) is 3.48. The lowest BCUT2D eigenvalue weighted by Gasteiger charge is -2.30. The van der Waals surface area contributed by atoms with E-state index in [0.717, 1.165) is 22.2 Å². The number of rotatable bonds is 6. The van der Waals surface area contributed by atoms with Gasteiger partial charge in [0.1, 0.15) is 18.1 Å². The molecule has 0 amide bonds. The Labute approximate surface area is 159 Å². The van der Waals surface area contributed by atoms with E-state index in [1.807, 2.05) is 12.1 Å². The molecule has 0 heterocycles. The highest BCUT2D eigenvalue weighted by atomic mass is 79.9. The fraction of sp³-hybridized carbons (Fsp3) is 0.476. The first-order valence-corrected chi connectivity index (χ1v) is 9.68. The number of esters is 1. The zero-order valence-electron chi connectivity index (χ0n) is 15.7. The third kappa shape index (κ3) is 4.55. The lowest BCUT2D eigenvalue weighted by atomic mass is 9.77. The second-order valence-electron chi connectivity index (χ2n) is 6.57. The van der Waals surface area contributed by atoms with Crippen LogP contribution in [-0.4, -0.2) is 5.97 Å². The summed E-state index contributed by atoms with van der Waals surface area (Å²) < 4.78 is 12.5. The van der Waals surface area contributed by atoms with E-state index in [-0.39, 0.29) is 5.97 Å². The van der Waals surface area contributed by atoms with Gasteiger partial charge >= 0.3 is 5.97 Å². The van der Waals surface area contributed by atoms with E-state index in [9.17, 15) is 4.79 Å². The van der Waals surface area contributed by atoms with E-state index in [1.54, 1.807) is 13.0 Å². The van der Waals surface area contributed by atoms with Gasteiger partial charge in [0.05, 0.1) is 0 Å². The zero-order chi connectivity index (χ0) is 18.6. The zero-order valence-corrected chi connectivity index (χ0v) is 17.3. The van der Waals surface area contributed by atoms with Gasteiger partial charge < -0.3 is 9.47 Å². The second kappa shape index (κ2) is 8.70. The quantitative estimate of drug-likeness (QED) is 0.417. The molecule has 1 aromatic rings. The molecular formula is C21H27BrO3. The normalized spacial score (nSPS) is 20.3. The van der Waals surface area contributed by atoms with Gasteiger partial charge in [-0.05, 0) is 55.9 Å². The maximum absolute atomic E-state index is 11.7. The average molecular weight is 407 g/mol. The summed E-state index contributed by atoms with van der Waals surface area (Å²) in [6.45, 7) is 10.9. The van der Waals surface area contributed by atoms with Gasteiger partial charge in [-0.1, -0.05) is 48.3 Å². The van der Waals surface area contributed by atoms with Crippen LogP contribution in [0.25, 0.3) is 0 Å². The topological polar surface area (TPSA) is 35.5 Å². The Hall–Kier alpha value is -1.55. The lowest BCUT2D eigenvalue weighted by molar-refractivity contribution is -0.134. The first kappa shape index (κ1) is 19.8. The maximum atomic E-state index is 11.7. The molecule has 2 atom stereocenters. The third-order valence-corrected chi connectivity index (χ3v) is 5.76. The van der Waals surface area contributed by atoms with Crippen LogP contribution in [0.4, 0.5) is 0 Å². The Morgan fingerprint density at radius 3 is 2.60 bits per heavy atom. The van der Waals surface area contributed by atoms with E-state index in [4.69, 9.17) is 9.47 Å². The van der Waals surface area contributed by atoms with Crippen molar-refractivity contribution >= 4 is 21.9 Å². The molecule has 1 aliphatic carbocycles. The van der Waals surface area contributed by atoms with E-state index in [0.29, 0.717) is 30.6 Å². The lowest BCUT2D eigenvalue weighted by Crippen LogP contribution is -2.19. The summed E-state index contributed by atoms with van der Waals surface area (Å²) in [5.74, 6) is 2.29. The first-order chi connectivity index (χ1) is 11.9. The number of hydrogen-bond donors (Lipinski definition) is 0. The molecule has 0 radical (unpaired) electrons. The van der Waals surface area contributed by atoms with Crippen molar-refractivity contribution in [2.45, 2.75) is 54.1 Å². The van der Waals surface area contributed by atoms with Gasteiger partial charge in [-0.2, -0.15) is 0 Å². The van der Waals surface area contributed by atoms with Crippen molar-refractivity contribution < 1.29 is 14.3 Å². The predicted octanol–water partition coefficient (Wildman–Crippen LogP) is 6.18. The molecular weight excluding hydrogens is 380 g/mol. The molecule has 2 rings (SSSR count). The van der Waals surface area contributed by atoms with Gasteiger partial charge in [-0.25, -0.2) is 0 Å². The Kier molecular flexibility index (Phi) is 6.88. The standard InChI is InChI=1S/C21H27BrO3/c1-6-16-13(3)11-20(15(5)14(16)4)24-12-17-18(22)9-8-10-19(17)25-21(23)7-2/h8-11,14,16H,6-7,12H2,1-5H3. The van der Waals surface area contributed by atoms with Crippen molar-refractivity contribution in [1.29, 1.82) is 0 Å². The second-order valence-corrected chi connectivity index (χ2v) is 7.43. The molecule has 1 aromatic carbocycles. The predicted molar refractivity (Wildman–Crippen MR) is 104 cm³/mol. The molecule has 3 nitrogen and oxygen atoms in total. The van der Waals surface area contributed by atoms with Crippen LogP contribution in [0.5, 0.6) is 5.75 Å². The molecule has 25 heavy (non-hydrogen) atoms. The molecule has 0 saturated heterocycles. The van der Waals surface area contributed by atoms with Crippen molar-refractivity contribution in [3.8, 4) is 5.75 Å². The van der Waals surface area contributed by atoms with Crippen LogP contribution in [0, 0.1) is 11.8 Å². The van der Waals surface area contributed by atoms with Gasteiger partial charge in [0.25, 0.3) is 0 Å². The summed E-state index contributed by atoms with van der Waals surface area (Å²) >= 11 is 3.54. The first-order valence-electron chi connectivity index (χ1n) is 8.88. The van der Waals surface area contributed by atoms with Crippen LogP contribution >= 0.6 is 15.9 Å². The maximum Gasteiger partial charge on any atom is 0.310 e. The van der Waals surface area contributed by atoms with Crippen molar-refractivity contribution in [2.24, 2.45) is 11.8 Å². The van der Waals surface area contributed by atoms with Gasteiger partial charge in [0.15, 0.2) is 0 Å². The van der Waals surface area contributed by atoms with Crippen molar-refractivity contribution in [3.05, 3.63) is 51.2 Å². The number of carbonyl (C=O) groups excluding carboxylic acids is 1.